The van der Waals surface area contributed by atoms with Gasteiger partial charge in [-0.25, -0.2) is 0 Å². The van der Waals surface area contributed by atoms with Crippen molar-refractivity contribution in [1.82, 2.24) is 14.8 Å². The van der Waals surface area contributed by atoms with Crippen molar-refractivity contribution in [2.24, 2.45) is 5.92 Å². The Labute approximate surface area is 187 Å². The van der Waals surface area contributed by atoms with Gasteiger partial charge in [0, 0.05) is 43.3 Å². The number of likely N-dealkylation sites (tertiary alicyclic amines) is 1. The first-order valence-electron chi connectivity index (χ1n) is 10.3. The monoisotopic (exact) mass is 441 g/mol. The van der Waals surface area contributed by atoms with Crippen molar-refractivity contribution in [1.29, 1.82) is 0 Å². The van der Waals surface area contributed by atoms with Crippen LogP contribution in [0.2, 0.25) is 10.0 Å². The number of halogens is 2. The molecule has 30 heavy (non-hydrogen) atoms. The molecule has 0 radical (unpaired) electrons. The maximum absolute atomic E-state index is 12.7. The van der Waals surface area contributed by atoms with Crippen LogP contribution in [-0.2, 0) is 6.54 Å². The van der Waals surface area contributed by atoms with Gasteiger partial charge in [-0.2, -0.15) is 0 Å². The summed E-state index contributed by atoms with van der Waals surface area (Å²) in [5.74, 6) is 0.609. The zero-order valence-electron chi connectivity index (χ0n) is 16.7. The van der Waals surface area contributed by atoms with E-state index in [1.807, 2.05) is 17.0 Å². The molecule has 1 aliphatic heterocycles. The quantitative estimate of drug-likeness (QED) is 0.553. The number of hydrogen-bond donors (Lipinski definition) is 1. The standard InChI is InChI=1S/C24H25Cl2N3O/c25-22-7-6-20(15-23(22)26)24(30)29-12-8-18(9-13-29)16-27-17-19-4-3-5-21(14-19)28-10-1-2-11-28/h1-7,10-11,14-15,18,27H,8-9,12-13,16-17H2. The van der Waals surface area contributed by atoms with Crippen molar-refractivity contribution in [3.63, 3.8) is 0 Å². The summed E-state index contributed by atoms with van der Waals surface area (Å²) in [6.45, 7) is 3.35. The van der Waals surface area contributed by atoms with Gasteiger partial charge in [0.2, 0.25) is 0 Å². The van der Waals surface area contributed by atoms with E-state index in [9.17, 15) is 4.79 Å². The number of nitrogens with one attached hydrogen (secondary N) is 1. The SMILES string of the molecule is O=C(c1ccc(Cl)c(Cl)c1)N1CCC(CNCc2cccc(-n3cccc3)c2)CC1. The second-order valence-electron chi connectivity index (χ2n) is 7.76. The summed E-state index contributed by atoms with van der Waals surface area (Å²) in [7, 11) is 0. The fraction of sp³-hybridized carbons (Fsp3) is 0.292. The van der Waals surface area contributed by atoms with Crippen LogP contribution < -0.4 is 5.32 Å². The Morgan fingerprint density at radius 2 is 1.73 bits per heavy atom. The minimum absolute atomic E-state index is 0.0294. The molecular formula is C24H25Cl2N3O. The van der Waals surface area contributed by atoms with Gasteiger partial charge in [-0.15, -0.1) is 0 Å². The predicted molar refractivity (Wildman–Crippen MR) is 123 cm³/mol. The molecule has 0 saturated carbocycles. The van der Waals surface area contributed by atoms with Gasteiger partial charge in [0.25, 0.3) is 5.91 Å². The maximum atomic E-state index is 12.7. The molecule has 3 aromatic rings. The van der Waals surface area contributed by atoms with Gasteiger partial charge in [0.15, 0.2) is 0 Å². The third-order valence-electron chi connectivity index (χ3n) is 5.64. The van der Waals surface area contributed by atoms with Crippen LogP contribution in [0.4, 0.5) is 0 Å². The molecule has 0 bridgehead atoms. The average Bonchev–Trinajstić information content (AvgIpc) is 3.31. The lowest BCUT2D eigenvalue weighted by Gasteiger charge is -2.32. The third-order valence-corrected chi connectivity index (χ3v) is 6.38. The van der Waals surface area contributed by atoms with E-state index < -0.39 is 0 Å². The van der Waals surface area contributed by atoms with E-state index in [2.05, 4.69) is 46.5 Å². The Hall–Kier alpha value is -2.27. The van der Waals surface area contributed by atoms with Gasteiger partial charge in [-0.05, 0) is 73.3 Å². The van der Waals surface area contributed by atoms with E-state index in [0.29, 0.717) is 21.5 Å². The van der Waals surface area contributed by atoms with Crippen LogP contribution in [-0.4, -0.2) is 35.0 Å². The molecule has 1 aromatic heterocycles. The Balaban J connectivity index is 1.24. The maximum Gasteiger partial charge on any atom is 0.253 e. The molecule has 0 aliphatic carbocycles. The third kappa shape index (κ3) is 5.07. The number of rotatable bonds is 6. The lowest BCUT2D eigenvalue weighted by atomic mass is 9.96. The summed E-state index contributed by atoms with van der Waals surface area (Å²) in [5.41, 5.74) is 3.05. The smallest absolute Gasteiger partial charge is 0.253 e. The van der Waals surface area contributed by atoms with Crippen molar-refractivity contribution in [3.8, 4) is 5.69 Å². The molecule has 1 fully saturated rings. The van der Waals surface area contributed by atoms with Crippen molar-refractivity contribution in [3.05, 3.63) is 88.2 Å². The van der Waals surface area contributed by atoms with Gasteiger partial charge < -0.3 is 14.8 Å². The van der Waals surface area contributed by atoms with Gasteiger partial charge in [-0.3, -0.25) is 4.79 Å². The van der Waals surface area contributed by atoms with Crippen LogP contribution in [0.25, 0.3) is 5.69 Å². The van der Waals surface area contributed by atoms with Crippen molar-refractivity contribution < 1.29 is 4.79 Å². The fourth-order valence-electron chi connectivity index (χ4n) is 3.91. The molecule has 1 saturated heterocycles. The summed E-state index contributed by atoms with van der Waals surface area (Å²) < 4.78 is 2.12. The first-order chi connectivity index (χ1) is 14.6. The highest BCUT2D eigenvalue weighted by molar-refractivity contribution is 6.42. The Kier molecular flexibility index (Phi) is 6.78. The highest BCUT2D eigenvalue weighted by Gasteiger charge is 2.23. The van der Waals surface area contributed by atoms with Crippen molar-refractivity contribution >= 4 is 29.1 Å². The first-order valence-corrected chi connectivity index (χ1v) is 11.0. The lowest BCUT2D eigenvalue weighted by Crippen LogP contribution is -2.40. The van der Waals surface area contributed by atoms with Crippen molar-refractivity contribution in [2.45, 2.75) is 19.4 Å². The number of amides is 1. The normalized spacial score (nSPS) is 14.8. The minimum atomic E-state index is 0.0294. The number of aromatic nitrogens is 1. The summed E-state index contributed by atoms with van der Waals surface area (Å²) in [6.07, 6.45) is 6.12. The lowest BCUT2D eigenvalue weighted by molar-refractivity contribution is 0.0690. The van der Waals surface area contributed by atoms with Crippen LogP contribution in [0.1, 0.15) is 28.8 Å². The van der Waals surface area contributed by atoms with E-state index in [0.717, 1.165) is 39.0 Å². The Morgan fingerprint density at radius 3 is 2.47 bits per heavy atom. The number of hydrogen-bond acceptors (Lipinski definition) is 2. The number of benzene rings is 2. The van der Waals surface area contributed by atoms with Gasteiger partial charge >= 0.3 is 0 Å². The Bertz CT molecular complexity index is 995. The van der Waals surface area contributed by atoms with E-state index in [1.165, 1.54) is 11.3 Å². The summed E-state index contributed by atoms with van der Waals surface area (Å²) in [5, 5.41) is 4.48. The Morgan fingerprint density at radius 1 is 0.967 bits per heavy atom. The van der Waals surface area contributed by atoms with E-state index >= 15 is 0 Å². The number of piperidine rings is 1. The summed E-state index contributed by atoms with van der Waals surface area (Å²) >= 11 is 12.0. The molecule has 0 unspecified atom stereocenters. The predicted octanol–water partition coefficient (Wildman–Crippen LogP) is 5.43. The van der Waals surface area contributed by atoms with Crippen LogP contribution in [0.3, 0.4) is 0 Å². The van der Waals surface area contributed by atoms with Crippen LogP contribution >= 0.6 is 23.2 Å². The zero-order valence-corrected chi connectivity index (χ0v) is 18.2. The molecule has 4 nitrogen and oxygen atoms in total. The largest absolute Gasteiger partial charge is 0.339 e. The van der Waals surface area contributed by atoms with E-state index in [1.54, 1.807) is 18.2 Å². The molecule has 4 rings (SSSR count). The van der Waals surface area contributed by atoms with Crippen molar-refractivity contribution in [2.75, 3.05) is 19.6 Å². The number of nitrogens with zero attached hydrogens (tertiary/aromatic N) is 2. The molecule has 1 aliphatic rings. The molecule has 6 heteroatoms. The second-order valence-corrected chi connectivity index (χ2v) is 8.57. The number of carbonyl (C=O) groups is 1. The minimum Gasteiger partial charge on any atom is -0.339 e. The summed E-state index contributed by atoms with van der Waals surface area (Å²) in [6, 6.07) is 17.7. The highest BCUT2D eigenvalue weighted by atomic mass is 35.5. The molecule has 0 atom stereocenters. The molecular weight excluding hydrogens is 417 g/mol. The molecule has 0 spiro atoms. The molecule has 1 N–H and O–H groups in total. The highest BCUT2D eigenvalue weighted by Crippen LogP contribution is 2.25. The molecule has 2 aromatic carbocycles. The van der Waals surface area contributed by atoms with Crippen LogP contribution in [0.15, 0.2) is 67.0 Å². The molecule has 2 heterocycles. The van der Waals surface area contributed by atoms with Crippen LogP contribution in [0, 0.1) is 5.92 Å². The molecule has 156 valence electrons. The number of carbonyl (C=O) groups excluding carboxylic acids is 1. The molecule has 1 amide bonds. The van der Waals surface area contributed by atoms with Gasteiger partial charge in [0.05, 0.1) is 10.0 Å². The topological polar surface area (TPSA) is 37.3 Å². The fourth-order valence-corrected chi connectivity index (χ4v) is 4.20. The second kappa shape index (κ2) is 9.69. The zero-order chi connectivity index (χ0) is 20.9. The summed E-state index contributed by atoms with van der Waals surface area (Å²) in [4.78, 5) is 14.6. The van der Waals surface area contributed by atoms with Crippen LogP contribution in [0.5, 0.6) is 0 Å². The van der Waals surface area contributed by atoms with Gasteiger partial charge in [-0.1, -0.05) is 35.3 Å². The van der Waals surface area contributed by atoms with Gasteiger partial charge in [0.1, 0.15) is 0 Å². The first kappa shape index (κ1) is 21.0. The van der Waals surface area contributed by atoms with E-state index in [4.69, 9.17) is 23.2 Å². The van der Waals surface area contributed by atoms with E-state index in [-0.39, 0.29) is 5.91 Å². The average molecular weight is 442 g/mol.